The molecular weight excluding hydrogens is 288 g/mol. The summed E-state index contributed by atoms with van der Waals surface area (Å²) in [6, 6.07) is 11.0. The highest BCUT2D eigenvalue weighted by Crippen LogP contribution is 2.28. The summed E-state index contributed by atoms with van der Waals surface area (Å²) >= 11 is 0. The van der Waals surface area contributed by atoms with Gasteiger partial charge in [-0.2, -0.15) is 0 Å². The molecule has 1 fully saturated rings. The molecule has 2 rings (SSSR count). The van der Waals surface area contributed by atoms with Gasteiger partial charge in [0.2, 0.25) is 0 Å². The predicted molar refractivity (Wildman–Crippen MR) is 93.3 cm³/mol. The van der Waals surface area contributed by atoms with Crippen molar-refractivity contribution in [2.75, 3.05) is 0 Å². The molecule has 0 aliphatic heterocycles. The van der Waals surface area contributed by atoms with Crippen LogP contribution in [0.3, 0.4) is 0 Å². The summed E-state index contributed by atoms with van der Waals surface area (Å²) < 4.78 is 5.37. The Hall–Kier alpha value is -1.55. The van der Waals surface area contributed by atoms with E-state index in [1.165, 1.54) is 5.56 Å². The SMILES string of the molecule is CC1(NC(=O)OC(C)(C)C)CCC(NCc2ccccc2)CC1. The first-order valence-electron chi connectivity index (χ1n) is 8.54. The number of carbonyl (C=O) groups excluding carboxylic acids is 1. The Morgan fingerprint density at radius 3 is 2.39 bits per heavy atom. The van der Waals surface area contributed by atoms with E-state index < -0.39 is 5.60 Å². The summed E-state index contributed by atoms with van der Waals surface area (Å²) in [5, 5.41) is 6.68. The van der Waals surface area contributed by atoms with Crippen LogP contribution in [0.25, 0.3) is 0 Å². The average molecular weight is 318 g/mol. The number of benzene rings is 1. The molecule has 1 aromatic rings. The zero-order chi connectivity index (χ0) is 16.9. The van der Waals surface area contributed by atoms with E-state index in [1.54, 1.807) is 0 Å². The first-order valence-corrected chi connectivity index (χ1v) is 8.54. The van der Waals surface area contributed by atoms with Crippen molar-refractivity contribution in [3.05, 3.63) is 35.9 Å². The summed E-state index contributed by atoms with van der Waals surface area (Å²) in [4.78, 5) is 12.0. The van der Waals surface area contributed by atoms with Crippen molar-refractivity contribution < 1.29 is 9.53 Å². The van der Waals surface area contributed by atoms with Crippen molar-refractivity contribution >= 4 is 6.09 Å². The third-order valence-electron chi connectivity index (χ3n) is 4.33. The third kappa shape index (κ3) is 6.22. The van der Waals surface area contributed by atoms with Crippen LogP contribution in [-0.2, 0) is 11.3 Å². The lowest BCUT2D eigenvalue weighted by molar-refractivity contribution is 0.0431. The molecule has 1 aromatic carbocycles. The van der Waals surface area contributed by atoms with Gasteiger partial charge in [-0.1, -0.05) is 30.3 Å². The molecule has 0 unspecified atom stereocenters. The molecule has 1 saturated carbocycles. The van der Waals surface area contributed by atoms with Gasteiger partial charge in [0.1, 0.15) is 5.60 Å². The Kier molecular flexibility index (Phi) is 5.69. The Balaban J connectivity index is 1.75. The second-order valence-corrected chi connectivity index (χ2v) is 7.83. The zero-order valence-electron chi connectivity index (χ0n) is 14.8. The van der Waals surface area contributed by atoms with Crippen molar-refractivity contribution in [3.8, 4) is 0 Å². The summed E-state index contributed by atoms with van der Waals surface area (Å²) in [5.41, 5.74) is 0.704. The molecule has 1 aliphatic carbocycles. The molecule has 1 aliphatic rings. The van der Waals surface area contributed by atoms with E-state index in [2.05, 4.69) is 41.8 Å². The minimum Gasteiger partial charge on any atom is -0.444 e. The second-order valence-electron chi connectivity index (χ2n) is 7.83. The van der Waals surface area contributed by atoms with E-state index in [0.717, 1.165) is 32.2 Å². The number of alkyl carbamates (subject to hydrolysis) is 1. The normalized spacial score (nSPS) is 25.0. The molecule has 0 saturated heterocycles. The Labute approximate surface area is 140 Å². The largest absolute Gasteiger partial charge is 0.444 e. The minimum atomic E-state index is -0.450. The topological polar surface area (TPSA) is 50.4 Å². The molecular formula is C19H30N2O2. The Bertz CT molecular complexity index is 500. The van der Waals surface area contributed by atoms with E-state index >= 15 is 0 Å². The molecule has 4 heteroatoms. The van der Waals surface area contributed by atoms with Gasteiger partial charge in [-0.05, 0) is 58.9 Å². The van der Waals surface area contributed by atoms with Crippen LogP contribution in [-0.4, -0.2) is 23.3 Å². The maximum Gasteiger partial charge on any atom is 0.408 e. The van der Waals surface area contributed by atoms with Crippen LogP contribution >= 0.6 is 0 Å². The van der Waals surface area contributed by atoms with Crippen LogP contribution in [0, 0.1) is 0 Å². The molecule has 0 spiro atoms. The van der Waals surface area contributed by atoms with Crippen LogP contribution in [0.2, 0.25) is 0 Å². The molecule has 128 valence electrons. The average Bonchev–Trinajstić information content (AvgIpc) is 2.45. The quantitative estimate of drug-likeness (QED) is 0.882. The zero-order valence-corrected chi connectivity index (χ0v) is 14.8. The lowest BCUT2D eigenvalue weighted by atomic mass is 9.81. The van der Waals surface area contributed by atoms with Crippen molar-refractivity contribution in [2.45, 2.75) is 77.1 Å². The summed E-state index contributed by atoms with van der Waals surface area (Å²) in [5.74, 6) is 0. The van der Waals surface area contributed by atoms with Crippen molar-refractivity contribution in [1.82, 2.24) is 10.6 Å². The predicted octanol–water partition coefficient (Wildman–Crippen LogP) is 4.00. The lowest BCUT2D eigenvalue weighted by Gasteiger charge is -2.38. The number of rotatable bonds is 4. The maximum absolute atomic E-state index is 12.0. The van der Waals surface area contributed by atoms with Gasteiger partial charge in [-0.3, -0.25) is 0 Å². The van der Waals surface area contributed by atoms with E-state index in [1.807, 2.05) is 26.8 Å². The van der Waals surface area contributed by atoms with Gasteiger partial charge in [0.05, 0.1) is 0 Å². The molecule has 0 radical (unpaired) electrons. The number of amides is 1. The van der Waals surface area contributed by atoms with E-state index in [9.17, 15) is 4.79 Å². The molecule has 0 bridgehead atoms. The first-order chi connectivity index (χ1) is 10.8. The molecule has 0 heterocycles. The van der Waals surface area contributed by atoms with Crippen LogP contribution < -0.4 is 10.6 Å². The number of hydrogen-bond acceptors (Lipinski definition) is 3. The number of nitrogens with one attached hydrogen (secondary N) is 2. The molecule has 0 atom stereocenters. The van der Waals surface area contributed by atoms with Gasteiger partial charge in [0, 0.05) is 18.1 Å². The van der Waals surface area contributed by atoms with Crippen molar-refractivity contribution in [3.63, 3.8) is 0 Å². The Morgan fingerprint density at radius 2 is 1.83 bits per heavy atom. The second kappa shape index (κ2) is 7.35. The lowest BCUT2D eigenvalue weighted by Crippen LogP contribution is -2.51. The van der Waals surface area contributed by atoms with Gasteiger partial charge in [0.15, 0.2) is 0 Å². The monoisotopic (exact) mass is 318 g/mol. The van der Waals surface area contributed by atoms with E-state index in [0.29, 0.717) is 6.04 Å². The van der Waals surface area contributed by atoms with Crippen LogP contribution in [0.1, 0.15) is 58.9 Å². The van der Waals surface area contributed by atoms with Crippen LogP contribution in [0.15, 0.2) is 30.3 Å². The fourth-order valence-corrected chi connectivity index (χ4v) is 2.99. The van der Waals surface area contributed by atoms with Crippen molar-refractivity contribution in [1.29, 1.82) is 0 Å². The summed E-state index contributed by atoms with van der Waals surface area (Å²) in [6.07, 6.45) is 3.77. The van der Waals surface area contributed by atoms with Crippen molar-refractivity contribution in [2.24, 2.45) is 0 Å². The van der Waals surface area contributed by atoms with Gasteiger partial charge >= 0.3 is 6.09 Å². The molecule has 4 nitrogen and oxygen atoms in total. The minimum absolute atomic E-state index is 0.159. The fourth-order valence-electron chi connectivity index (χ4n) is 2.99. The highest BCUT2D eigenvalue weighted by molar-refractivity contribution is 5.68. The molecule has 23 heavy (non-hydrogen) atoms. The summed E-state index contributed by atoms with van der Waals surface area (Å²) in [6.45, 7) is 8.68. The van der Waals surface area contributed by atoms with Gasteiger partial charge in [-0.25, -0.2) is 4.79 Å². The first kappa shape index (κ1) is 17.8. The van der Waals surface area contributed by atoms with E-state index in [-0.39, 0.29) is 11.6 Å². The fraction of sp³-hybridized carbons (Fsp3) is 0.632. The molecule has 2 N–H and O–H groups in total. The maximum atomic E-state index is 12.0. The highest BCUT2D eigenvalue weighted by atomic mass is 16.6. The smallest absolute Gasteiger partial charge is 0.408 e. The van der Waals surface area contributed by atoms with Gasteiger partial charge in [0.25, 0.3) is 0 Å². The van der Waals surface area contributed by atoms with Crippen LogP contribution in [0.4, 0.5) is 4.79 Å². The number of carbonyl (C=O) groups is 1. The van der Waals surface area contributed by atoms with Gasteiger partial charge in [-0.15, -0.1) is 0 Å². The van der Waals surface area contributed by atoms with Gasteiger partial charge < -0.3 is 15.4 Å². The summed E-state index contributed by atoms with van der Waals surface area (Å²) in [7, 11) is 0. The third-order valence-corrected chi connectivity index (χ3v) is 4.33. The number of ether oxygens (including phenoxy) is 1. The molecule has 0 aromatic heterocycles. The Morgan fingerprint density at radius 1 is 1.22 bits per heavy atom. The van der Waals surface area contributed by atoms with E-state index in [4.69, 9.17) is 4.74 Å². The number of hydrogen-bond donors (Lipinski definition) is 2. The highest BCUT2D eigenvalue weighted by Gasteiger charge is 2.33. The standard InChI is InChI=1S/C19H30N2O2/c1-18(2,3)23-17(22)21-19(4)12-10-16(11-13-19)20-14-15-8-6-5-7-9-15/h5-9,16,20H,10-14H2,1-4H3,(H,21,22). The molecule has 1 amide bonds. The van der Waals surface area contributed by atoms with Crippen LogP contribution in [0.5, 0.6) is 0 Å².